The molecule has 2 atom stereocenters. The lowest BCUT2D eigenvalue weighted by atomic mass is 9.94. The van der Waals surface area contributed by atoms with E-state index in [0.717, 1.165) is 44.6 Å². The molecule has 5 nitrogen and oxygen atoms in total. The number of hydrogen-bond donors (Lipinski definition) is 1. The quantitative estimate of drug-likeness (QED) is 0.879. The van der Waals surface area contributed by atoms with Crippen molar-refractivity contribution < 1.29 is 9.90 Å². The van der Waals surface area contributed by atoms with Gasteiger partial charge in [-0.3, -0.25) is 9.69 Å². The molecule has 0 unspecified atom stereocenters. The third-order valence-electron chi connectivity index (χ3n) is 6.04. The molecule has 1 N–H and O–H groups in total. The minimum Gasteiger partial charge on any atom is -0.390 e. The van der Waals surface area contributed by atoms with Gasteiger partial charge < -0.3 is 14.9 Å². The van der Waals surface area contributed by atoms with Crippen LogP contribution < -0.4 is 0 Å². The number of aliphatic hydroxyl groups is 1. The number of nitrogens with zero attached hydrogens (tertiary/aromatic N) is 3. The van der Waals surface area contributed by atoms with Crippen LogP contribution in [0.1, 0.15) is 18.4 Å². The highest BCUT2D eigenvalue weighted by Crippen LogP contribution is 2.50. The minimum absolute atomic E-state index is 0.0919. The van der Waals surface area contributed by atoms with Crippen molar-refractivity contribution in [3.8, 4) is 0 Å². The van der Waals surface area contributed by atoms with Crippen molar-refractivity contribution in [3.63, 3.8) is 0 Å². The van der Waals surface area contributed by atoms with Crippen LogP contribution in [0.15, 0.2) is 30.3 Å². The number of β-amino-alcohol motifs (C(OH)–C–C–N with tert-alkyl or cyclic N) is 1. The van der Waals surface area contributed by atoms with Crippen molar-refractivity contribution in [3.05, 3.63) is 35.9 Å². The van der Waals surface area contributed by atoms with Gasteiger partial charge in [0.25, 0.3) is 0 Å². The second-order valence-electron chi connectivity index (χ2n) is 7.63. The van der Waals surface area contributed by atoms with Gasteiger partial charge in [-0.2, -0.15) is 0 Å². The van der Waals surface area contributed by atoms with Crippen molar-refractivity contribution in [2.75, 3.05) is 46.3 Å². The molecule has 2 aliphatic heterocycles. The van der Waals surface area contributed by atoms with Gasteiger partial charge in [0, 0.05) is 39.3 Å². The molecule has 130 valence electrons. The van der Waals surface area contributed by atoms with Gasteiger partial charge in [-0.05, 0) is 25.5 Å². The van der Waals surface area contributed by atoms with Gasteiger partial charge in [-0.25, -0.2) is 0 Å². The van der Waals surface area contributed by atoms with Gasteiger partial charge in [-0.15, -0.1) is 0 Å². The van der Waals surface area contributed by atoms with Gasteiger partial charge in [0.1, 0.15) is 0 Å². The lowest BCUT2D eigenvalue weighted by Crippen LogP contribution is -2.52. The summed E-state index contributed by atoms with van der Waals surface area (Å²) in [6.07, 6.45) is 1.44. The highest BCUT2D eigenvalue weighted by molar-refractivity contribution is 5.91. The number of likely N-dealkylation sites (tertiary alicyclic amines) is 1. The van der Waals surface area contributed by atoms with E-state index in [2.05, 4.69) is 29.0 Å². The predicted molar refractivity (Wildman–Crippen MR) is 92.8 cm³/mol. The average Bonchev–Trinajstić information content (AvgIpc) is 3.33. The fraction of sp³-hybridized carbons (Fsp3) is 0.632. The van der Waals surface area contributed by atoms with E-state index in [1.54, 1.807) is 0 Å². The maximum atomic E-state index is 13.1. The van der Waals surface area contributed by atoms with Gasteiger partial charge in [0.05, 0.1) is 17.6 Å². The van der Waals surface area contributed by atoms with Gasteiger partial charge >= 0.3 is 0 Å². The zero-order valence-corrected chi connectivity index (χ0v) is 14.4. The number of aliphatic hydroxyl groups excluding tert-OH is 1. The molecule has 1 aliphatic carbocycles. The van der Waals surface area contributed by atoms with Crippen LogP contribution in [0.2, 0.25) is 0 Å². The van der Waals surface area contributed by atoms with Crippen LogP contribution in [0.3, 0.4) is 0 Å². The van der Waals surface area contributed by atoms with E-state index < -0.39 is 6.10 Å². The van der Waals surface area contributed by atoms with Crippen molar-refractivity contribution in [2.24, 2.45) is 0 Å². The number of carbonyl (C=O) groups excluding carboxylic acids is 1. The molecule has 2 saturated heterocycles. The first-order valence-corrected chi connectivity index (χ1v) is 9.06. The van der Waals surface area contributed by atoms with Crippen LogP contribution in [0.5, 0.6) is 0 Å². The van der Waals surface area contributed by atoms with E-state index in [-0.39, 0.29) is 17.4 Å². The Morgan fingerprint density at radius 3 is 2.38 bits per heavy atom. The van der Waals surface area contributed by atoms with Crippen LogP contribution in [0, 0.1) is 0 Å². The zero-order valence-electron chi connectivity index (χ0n) is 14.4. The molecule has 0 radical (unpaired) electrons. The summed E-state index contributed by atoms with van der Waals surface area (Å²) in [5.41, 5.74) is 0.811. The van der Waals surface area contributed by atoms with E-state index in [4.69, 9.17) is 0 Å². The Balaban J connectivity index is 1.45. The maximum absolute atomic E-state index is 13.1. The van der Waals surface area contributed by atoms with Gasteiger partial charge in [-0.1, -0.05) is 30.3 Å². The van der Waals surface area contributed by atoms with E-state index in [1.807, 2.05) is 23.1 Å². The van der Waals surface area contributed by atoms with Crippen molar-refractivity contribution >= 4 is 5.91 Å². The first-order valence-electron chi connectivity index (χ1n) is 9.06. The number of hydrogen-bond acceptors (Lipinski definition) is 4. The lowest BCUT2D eigenvalue weighted by Gasteiger charge is -2.37. The normalized spacial score (nSPS) is 30.5. The fourth-order valence-corrected chi connectivity index (χ4v) is 4.26. The summed E-state index contributed by atoms with van der Waals surface area (Å²) >= 11 is 0. The Kier molecular flexibility index (Phi) is 4.11. The summed E-state index contributed by atoms with van der Waals surface area (Å²) < 4.78 is 0. The first kappa shape index (κ1) is 16.1. The molecule has 1 saturated carbocycles. The van der Waals surface area contributed by atoms with Crippen molar-refractivity contribution in [1.82, 2.24) is 14.7 Å². The Hall–Kier alpha value is -1.43. The number of likely N-dealkylation sites (N-methyl/N-ethyl adjacent to an activating group) is 1. The summed E-state index contributed by atoms with van der Waals surface area (Å²) in [6, 6.07) is 10.2. The largest absolute Gasteiger partial charge is 0.390 e. The Bertz CT molecular complexity index is 594. The van der Waals surface area contributed by atoms with E-state index in [1.165, 1.54) is 0 Å². The van der Waals surface area contributed by atoms with Crippen LogP contribution >= 0.6 is 0 Å². The summed E-state index contributed by atoms with van der Waals surface area (Å²) in [6.45, 7) is 5.16. The SMILES string of the molecule is CN1CCN([C@@H]2CN(C(=O)C3(c4ccccc4)CC3)C[C@H]2O)CC1. The lowest BCUT2D eigenvalue weighted by molar-refractivity contribution is -0.133. The molecular formula is C19H27N3O2. The van der Waals surface area contributed by atoms with Crippen LogP contribution in [-0.4, -0.2) is 84.2 Å². The molecule has 0 spiro atoms. The zero-order chi connectivity index (χ0) is 16.7. The summed E-state index contributed by atoms with van der Waals surface area (Å²) in [5.74, 6) is 0.212. The molecule has 5 heteroatoms. The highest BCUT2D eigenvalue weighted by Gasteiger charge is 2.54. The number of piperazine rings is 1. The molecule has 0 aromatic heterocycles. The molecule has 24 heavy (non-hydrogen) atoms. The minimum atomic E-state index is -0.427. The molecule has 4 rings (SSSR count). The molecule has 1 aromatic carbocycles. The second kappa shape index (κ2) is 6.14. The molecule has 3 fully saturated rings. The van der Waals surface area contributed by atoms with Gasteiger partial charge in [0.15, 0.2) is 0 Å². The number of carbonyl (C=O) groups is 1. The molecule has 1 aromatic rings. The Morgan fingerprint density at radius 1 is 1.08 bits per heavy atom. The molecule has 3 aliphatic rings. The molecular weight excluding hydrogens is 302 g/mol. The second-order valence-corrected chi connectivity index (χ2v) is 7.63. The number of rotatable bonds is 3. The molecule has 1 amide bonds. The highest BCUT2D eigenvalue weighted by atomic mass is 16.3. The van der Waals surface area contributed by atoms with Crippen LogP contribution in [0.25, 0.3) is 0 Å². The van der Waals surface area contributed by atoms with E-state index >= 15 is 0 Å². The predicted octanol–water partition coefficient (Wildman–Crippen LogP) is 0.537. The standard InChI is InChI=1S/C19H27N3O2/c1-20-9-11-21(12-10-20)16-13-22(14-17(16)23)18(24)19(7-8-19)15-5-3-2-4-6-15/h2-6,16-17,23H,7-14H2,1H3/t16-,17-/m1/s1. The van der Waals surface area contributed by atoms with E-state index in [9.17, 15) is 9.90 Å². The monoisotopic (exact) mass is 329 g/mol. The number of benzene rings is 1. The summed E-state index contributed by atoms with van der Waals surface area (Å²) in [5, 5.41) is 10.5. The topological polar surface area (TPSA) is 47.0 Å². The molecule has 2 heterocycles. The van der Waals surface area contributed by atoms with Crippen LogP contribution in [-0.2, 0) is 10.2 Å². The number of amides is 1. The summed E-state index contributed by atoms with van der Waals surface area (Å²) in [7, 11) is 2.13. The van der Waals surface area contributed by atoms with E-state index in [0.29, 0.717) is 13.1 Å². The Labute approximate surface area is 143 Å². The molecule has 0 bridgehead atoms. The maximum Gasteiger partial charge on any atom is 0.233 e. The smallest absolute Gasteiger partial charge is 0.233 e. The van der Waals surface area contributed by atoms with Gasteiger partial charge in [0.2, 0.25) is 5.91 Å². The third-order valence-corrected chi connectivity index (χ3v) is 6.04. The summed E-state index contributed by atoms with van der Waals surface area (Å²) in [4.78, 5) is 19.7. The fourth-order valence-electron chi connectivity index (χ4n) is 4.26. The first-order chi connectivity index (χ1) is 11.6. The average molecular weight is 329 g/mol. The van der Waals surface area contributed by atoms with Crippen molar-refractivity contribution in [1.29, 1.82) is 0 Å². The van der Waals surface area contributed by atoms with Crippen LogP contribution in [0.4, 0.5) is 0 Å². The Morgan fingerprint density at radius 2 is 1.75 bits per heavy atom. The third kappa shape index (κ3) is 2.75. The van der Waals surface area contributed by atoms with Crippen molar-refractivity contribution in [2.45, 2.75) is 30.4 Å².